The summed E-state index contributed by atoms with van der Waals surface area (Å²) in [5, 5.41) is 5.46. The van der Waals surface area contributed by atoms with Gasteiger partial charge in [-0.25, -0.2) is 18.4 Å². The lowest BCUT2D eigenvalue weighted by Crippen LogP contribution is -2.15. The van der Waals surface area contributed by atoms with E-state index in [4.69, 9.17) is 0 Å². The van der Waals surface area contributed by atoms with Crippen molar-refractivity contribution in [3.63, 3.8) is 0 Å². The zero-order chi connectivity index (χ0) is 22.8. The van der Waals surface area contributed by atoms with Crippen molar-refractivity contribution in [2.24, 2.45) is 0 Å². The highest BCUT2D eigenvalue weighted by atomic mass is 32.2. The van der Waals surface area contributed by atoms with E-state index in [0.29, 0.717) is 27.9 Å². The van der Waals surface area contributed by atoms with E-state index in [2.05, 4.69) is 25.0 Å². The highest BCUT2D eigenvalue weighted by molar-refractivity contribution is 7.98. The molecule has 0 aliphatic rings. The van der Waals surface area contributed by atoms with Gasteiger partial charge in [-0.3, -0.25) is 9.71 Å². The van der Waals surface area contributed by atoms with Crippen LogP contribution in [0.2, 0.25) is 0 Å². The number of fused-ring (bicyclic) bond motifs is 2. The number of thioether (sulfide) groups is 1. The molecule has 0 spiro atoms. The quantitative estimate of drug-likeness (QED) is 0.250. The molecule has 2 N–H and O–H groups in total. The van der Waals surface area contributed by atoms with Crippen LogP contribution in [0.5, 0.6) is 0 Å². The standard InChI is InChI=1S/C24H19N5O2S2/c1-32-24-27-18-11-3-2-10-17(18)23(28-24)26-19-12-4-5-14-21(19)33(30,31)29-20-13-6-8-16-9-7-15-25-22(16)20/h2-15,29H,1H3,(H,26,27,28). The maximum atomic E-state index is 13.4. The summed E-state index contributed by atoms with van der Waals surface area (Å²) in [5.41, 5.74) is 2.19. The van der Waals surface area contributed by atoms with E-state index in [9.17, 15) is 8.42 Å². The number of nitrogens with one attached hydrogen (secondary N) is 2. The number of anilines is 3. The number of para-hydroxylation sites is 3. The van der Waals surface area contributed by atoms with Gasteiger partial charge in [-0.1, -0.05) is 54.2 Å². The summed E-state index contributed by atoms with van der Waals surface area (Å²) in [6, 6.07) is 23.4. The third kappa shape index (κ3) is 4.20. The SMILES string of the molecule is CSc1nc(Nc2ccccc2S(=O)(=O)Nc2cccc3cccnc23)c2ccccc2n1. The van der Waals surface area contributed by atoms with Crippen LogP contribution in [0.4, 0.5) is 17.2 Å². The largest absolute Gasteiger partial charge is 0.338 e. The second-order valence-electron chi connectivity index (χ2n) is 7.18. The second kappa shape index (κ2) is 8.68. The van der Waals surface area contributed by atoms with Crippen molar-refractivity contribution in [1.29, 1.82) is 0 Å². The molecule has 0 bridgehead atoms. The van der Waals surface area contributed by atoms with E-state index in [1.165, 1.54) is 11.8 Å². The van der Waals surface area contributed by atoms with Gasteiger partial charge in [-0.05, 0) is 42.7 Å². The molecule has 0 aliphatic heterocycles. The van der Waals surface area contributed by atoms with Gasteiger partial charge in [-0.2, -0.15) is 0 Å². The fourth-order valence-electron chi connectivity index (χ4n) is 3.56. The van der Waals surface area contributed by atoms with E-state index in [0.717, 1.165) is 16.3 Å². The first-order valence-electron chi connectivity index (χ1n) is 10.1. The predicted molar refractivity (Wildman–Crippen MR) is 134 cm³/mol. The zero-order valence-corrected chi connectivity index (χ0v) is 19.2. The summed E-state index contributed by atoms with van der Waals surface area (Å²) in [6.07, 6.45) is 3.54. The van der Waals surface area contributed by atoms with Gasteiger partial charge in [0.05, 0.1) is 22.4 Å². The molecular formula is C24H19N5O2S2. The fraction of sp³-hybridized carbons (Fsp3) is 0.0417. The number of hydrogen-bond acceptors (Lipinski definition) is 7. The van der Waals surface area contributed by atoms with E-state index in [-0.39, 0.29) is 4.90 Å². The smallest absolute Gasteiger partial charge is 0.264 e. The van der Waals surface area contributed by atoms with E-state index < -0.39 is 10.0 Å². The maximum absolute atomic E-state index is 13.4. The summed E-state index contributed by atoms with van der Waals surface area (Å²) < 4.78 is 29.6. The summed E-state index contributed by atoms with van der Waals surface area (Å²) in [4.78, 5) is 13.5. The lowest BCUT2D eigenvalue weighted by Gasteiger charge is -2.15. The van der Waals surface area contributed by atoms with E-state index >= 15 is 0 Å². The molecule has 2 heterocycles. The molecule has 7 nitrogen and oxygen atoms in total. The average molecular weight is 474 g/mol. The van der Waals surface area contributed by atoms with Crippen LogP contribution in [-0.4, -0.2) is 29.6 Å². The summed E-state index contributed by atoms with van der Waals surface area (Å²) in [6.45, 7) is 0. The molecular weight excluding hydrogens is 454 g/mol. The van der Waals surface area contributed by atoms with Crippen molar-refractivity contribution in [1.82, 2.24) is 15.0 Å². The minimum atomic E-state index is -3.93. The molecule has 9 heteroatoms. The molecule has 0 radical (unpaired) electrons. The number of nitrogens with zero attached hydrogens (tertiary/aromatic N) is 3. The number of pyridine rings is 1. The van der Waals surface area contributed by atoms with Crippen molar-refractivity contribution in [2.45, 2.75) is 10.1 Å². The fourth-order valence-corrected chi connectivity index (χ4v) is 5.16. The Kier molecular flexibility index (Phi) is 5.57. The Balaban J connectivity index is 1.57. The van der Waals surface area contributed by atoms with Gasteiger partial charge < -0.3 is 5.32 Å². The van der Waals surface area contributed by atoms with Gasteiger partial charge in [-0.15, -0.1) is 0 Å². The Morgan fingerprint density at radius 2 is 1.58 bits per heavy atom. The first-order valence-corrected chi connectivity index (χ1v) is 12.8. The normalized spacial score (nSPS) is 11.5. The Bertz CT molecular complexity index is 1580. The highest BCUT2D eigenvalue weighted by Gasteiger charge is 2.21. The van der Waals surface area contributed by atoms with Crippen LogP contribution in [0.25, 0.3) is 21.8 Å². The Morgan fingerprint density at radius 3 is 2.45 bits per heavy atom. The molecule has 3 aromatic carbocycles. The van der Waals surface area contributed by atoms with Gasteiger partial charge in [0.1, 0.15) is 10.7 Å². The topological polar surface area (TPSA) is 96.9 Å². The molecule has 0 unspecified atom stereocenters. The lowest BCUT2D eigenvalue weighted by atomic mass is 10.2. The molecule has 0 aliphatic carbocycles. The first kappa shape index (κ1) is 21.2. The van der Waals surface area contributed by atoms with E-state index in [1.54, 1.807) is 42.6 Å². The number of benzene rings is 3. The minimum Gasteiger partial charge on any atom is -0.338 e. The van der Waals surface area contributed by atoms with Crippen LogP contribution in [0.3, 0.4) is 0 Å². The van der Waals surface area contributed by atoms with Crippen LogP contribution in [0.1, 0.15) is 0 Å². The average Bonchev–Trinajstić information content (AvgIpc) is 2.84. The zero-order valence-electron chi connectivity index (χ0n) is 17.6. The minimum absolute atomic E-state index is 0.103. The Hall–Kier alpha value is -3.69. The molecule has 0 atom stereocenters. The molecule has 5 rings (SSSR count). The molecule has 164 valence electrons. The van der Waals surface area contributed by atoms with Gasteiger partial charge in [0.15, 0.2) is 5.16 Å². The van der Waals surface area contributed by atoms with Crippen molar-refractivity contribution in [3.05, 3.63) is 85.1 Å². The predicted octanol–water partition coefficient (Wildman–Crippen LogP) is 5.44. The monoisotopic (exact) mass is 473 g/mol. The molecule has 2 aromatic heterocycles. The maximum Gasteiger partial charge on any atom is 0.264 e. The highest BCUT2D eigenvalue weighted by Crippen LogP contribution is 2.31. The third-order valence-corrected chi connectivity index (χ3v) is 7.04. The van der Waals surface area contributed by atoms with Crippen LogP contribution in [-0.2, 0) is 10.0 Å². The van der Waals surface area contributed by atoms with Crippen molar-refractivity contribution >= 4 is 60.8 Å². The number of hydrogen-bond donors (Lipinski definition) is 2. The van der Waals surface area contributed by atoms with Crippen molar-refractivity contribution in [2.75, 3.05) is 16.3 Å². The third-order valence-electron chi connectivity index (χ3n) is 5.07. The molecule has 0 fully saturated rings. The van der Waals surface area contributed by atoms with Gasteiger partial charge in [0, 0.05) is 17.0 Å². The molecule has 33 heavy (non-hydrogen) atoms. The number of sulfonamides is 1. The van der Waals surface area contributed by atoms with Gasteiger partial charge in [0.25, 0.3) is 10.0 Å². The van der Waals surface area contributed by atoms with Crippen LogP contribution < -0.4 is 10.0 Å². The summed E-state index contributed by atoms with van der Waals surface area (Å²) in [7, 11) is -3.93. The molecule has 0 saturated heterocycles. The molecule has 0 saturated carbocycles. The second-order valence-corrected chi connectivity index (χ2v) is 9.61. The Morgan fingerprint density at radius 1 is 0.818 bits per heavy atom. The van der Waals surface area contributed by atoms with Crippen LogP contribution in [0.15, 0.2) is 95.1 Å². The van der Waals surface area contributed by atoms with E-state index in [1.807, 2.05) is 48.7 Å². The first-order chi connectivity index (χ1) is 16.0. The lowest BCUT2D eigenvalue weighted by molar-refractivity contribution is 0.601. The van der Waals surface area contributed by atoms with Gasteiger partial charge in [0.2, 0.25) is 0 Å². The summed E-state index contributed by atoms with van der Waals surface area (Å²) in [5.74, 6) is 0.541. The van der Waals surface area contributed by atoms with Crippen LogP contribution in [0, 0.1) is 0 Å². The number of aromatic nitrogens is 3. The van der Waals surface area contributed by atoms with Gasteiger partial charge >= 0.3 is 0 Å². The van der Waals surface area contributed by atoms with Crippen molar-refractivity contribution in [3.8, 4) is 0 Å². The molecule has 0 amide bonds. The van der Waals surface area contributed by atoms with Crippen molar-refractivity contribution < 1.29 is 8.42 Å². The van der Waals surface area contributed by atoms with Crippen LogP contribution >= 0.6 is 11.8 Å². The Labute approximate surface area is 195 Å². The molecule has 5 aromatic rings. The summed E-state index contributed by atoms with van der Waals surface area (Å²) >= 11 is 1.42. The number of rotatable bonds is 6.